The van der Waals surface area contributed by atoms with Gasteiger partial charge in [-0.15, -0.1) is 0 Å². The molecule has 0 spiro atoms. The molecule has 0 unspecified atom stereocenters. The number of benzene rings is 2. The number of methoxy groups -OCH3 is 1. The first kappa shape index (κ1) is 20.8. The highest BCUT2D eigenvalue weighted by atomic mass is 16.5. The summed E-state index contributed by atoms with van der Waals surface area (Å²) in [6.07, 6.45) is 4.16. The molecule has 0 radical (unpaired) electrons. The monoisotopic (exact) mass is 440 g/mol. The van der Waals surface area contributed by atoms with Crippen LogP contribution in [-0.2, 0) is 9.59 Å². The lowest BCUT2D eigenvalue weighted by Gasteiger charge is -2.17. The summed E-state index contributed by atoms with van der Waals surface area (Å²) in [7, 11) is 1.59. The fourth-order valence-corrected chi connectivity index (χ4v) is 4.10. The van der Waals surface area contributed by atoms with Crippen LogP contribution in [0.5, 0.6) is 5.75 Å². The van der Waals surface area contributed by atoms with E-state index in [-0.39, 0.29) is 18.2 Å². The van der Waals surface area contributed by atoms with Gasteiger partial charge < -0.3 is 19.4 Å². The minimum atomic E-state index is -0.412. The van der Waals surface area contributed by atoms with E-state index < -0.39 is 5.92 Å². The maximum absolute atomic E-state index is 12.8. The largest absolute Gasteiger partial charge is 0.497 e. The predicted octanol–water partition coefficient (Wildman–Crippen LogP) is 4.31. The van der Waals surface area contributed by atoms with Gasteiger partial charge in [-0.3, -0.25) is 9.59 Å². The summed E-state index contributed by atoms with van der Waals surface area (Å²) < 4.78 is 7.23. The number of carbonyl (C=O) groups excluding carboxylic acids is 2. The molecule has 0 aliphatic carbocycles. The van der Waals surface area contributed by atoms with Gasteiger partial charge in [-0.1, -0.05) is 18.2 Å². The second-order valence-electron chi connectivity index (χ2n) is 8.27. The van der Waals surface area contributed by atoms with Gasteiger partial charge in [0.2, 0.25) is 11.8 Å². The van der Waals surface area contributed by atoms with E-state index in [2.05, 4.69) is 10.3 Å². The molecule has 2 aromatic carbocycles. The number of anilines is 2. The Morgan fingerprint density at radius 1 is 1.12 bits per heavy atom. The number of imidazole rings is 1. The molecule has 1 aliphatic heterocycles. The Morgan fingerprint density at radius 3 is 2.73 bits per heavy atom. The van der Waals surface area contributed by atoms with Gasteiger partial charge in [0.1, 0.15) is 11.4 Å². The second-order valence-corrected chi connectivity index (χ2v) is 8.27. The zero-order valence-electron chi connectivity index (χ0n) is 18.5. The van der Waals surface area contributed by atoms with Gasteiger partial charge in [-0.2, -0.15) is 0 Å². The highest BCUT2D eigenvalue weighted by Crippen LogP contribution is 2.29. The van der Waals surface area contributed by atoms with E-state index in [9.17, 15) is 9.59 Å². The SMILES string of the molecule is COc1cccc(N2C[C@@H](C(=O)Nc3ccc(-c4cn5ccc(C)cc5n4)cc3)CC2=O)c1. The molecule has 1 fully saturated rings. The van der Waals surface area contributed by atoms with Gasteiger partial charge in [-0.05, 0) is 48.9 Å². The molecule has 1 saturated heterocycles. The van der Waals surface area contributed by atoms with E-state index >= 15 is 0 Å². The van der Waals surface area contributed by atoms with E-state index in [1.807, 2.05) is 78.3 Å². The molecule has 7 nitrogen and oxygen atoms in total. The Bertz CT molecular complexity index is 1340. The average Bonchev–Trinajstić information content (AvgIpc) is 3.43. The number of fused-ring (bicyclic) bond motifs is 1. The standard InChI is InChI=1S/C26H24N4O3/c1-17-10-11-29-16-23(28-24(29)12-17)18-6-8-20(9-7-18)27-26(32)19-13-25(31)30(15-19)21-4-3-5-22(14-21)33-2/h3-12,14,16,19H,13,15H2,1-2H3,(H,27,32)/t19-/m0/s1. The van der Waals surface area contributed by atoms with Crippen molar-refractivity contribution in [2.75, 3.05) is 23.9 Å². The van der Waals surface area contributed by atoms with Crippen LogP contribution in [0.2, 0.25) is 0 Å². The average molecular weight is 441 g/mol. The Labute approximate surface area is 191 Å². The Kier molecular flexibility index (Phi) is 5.30. The highest BCUT2D eigenvalue weighted by molar-refractivity contribution is 6.03. The molecule has 7 heteroatoms. The molecule has 1 N–H and O–H groups in total. The highest BCUT2D eigenvalue weighted by Gasteiger charge is 2.35. The minimum Gasteiger partial charge on any atom is -0.497 e. The lowest BCUT2D eigenvalue weighted by Crippen LogP contribution is -2.28. The molecule has 5 rings (SSSR count). The molecule has 3 heterocycles. The van der Waals surface area contributed by atoms with Crippen molar-refractivity contribution in [1.82, 2.24) is 9.38 Å². The Morgan fingerprint density at radius 2 is 1.94 bits per heavy atom. The molecular weight excluding hydrogens is 416 g/mol. The number of amides is 2. The summed E-state index contributed by atoms with van der Waals surface area (Å²) in [6.45, 7) is 2.39. The number of pyridine rings is 1. The van der Waals surface area contributed by atoms with Gasteiger partial charge >= 0.3 is 0 Å². The van der Waals surface area contributed by atoms with Crippen LogP contribution in [0.15, 0.2) is 73.1 Å². The van der Waals surface area contributed by atoms with Crippen LogP contribution in [0.4, 0.5) is 11.4 Å². The number of aryl methyl sites for hydroxylation is 1. The summed E-state index contributed by atoms with van der Waals surface area (Å²) >= 11 is 0. The first-order chi connectivity index (χ1) is 16.0. The van der Waals surface area contributed by atoms with Gasteiger partial charge in [0.05, 0.1) is 18.7 Å². The van der Waals surface area contributed by atoms with Crippen molar-refractivity contribution in [3.05, 3.63) is 78.6 Å². The first-order valence-corrected chi connectivity index (χ1v) is 10.8. The van der Waals surface area contributed by atoms with E-state index in [4.69, 9.17) is 4.74 Å². The van der Waals surface area contributed by atoms with E-state index in [0.717, 1.165) is 28.2 Å². The zero-order valence-corrected chi connectivity index (χ0v) is 18.5. The molecule has 0 bridgehead atoms. The van der Waals surface area contributed by atoms with Crippen LogP contribution >= 0.6 is 0 Å². The van der Waals surface area contributed by atoms with E-state index in [0.29, 0.717) is 18.0 Å². The molecule has 166 valence electrons. The Balaban J connectivity index is 1.26. The molecule has 1 atom stereocenters. The number of carbonyl (C=O) groups is 2. The normalized spacial score (nSPS) is 15.8. The minimum absolute atomic E-state index is 0.0687. The number of hydrogen-bond acceptors (Lipinski definition) is 4. The zero-order chi connectivity index (χ0) is 22.9. The summed E-state index contributed by atoms with van der Waals surface area (Å²) in [5.41, 5.74) is 5.32. The van der Waals surface area contributed by atoms with Crippen LogP contribution in [0.25, 0.3) is 16.9 Å². The Hall–Kier alpha value is -4.13. The quantitative estimate of drug-likeness (QED) is 0.502. The van der Waals surface area contributed by atoms with Crippen molar-refractivity contribution in [3.63, 3.8) is 0 Å². The maximum Gasteiger partial charge on any atom is 0.229 e. The van der Waals surface area contributed by atoms with Crippen molar-refractivity contribution in [1.29, 1.82) is 0 Å². The van der Waals surface area contributed by atoms with Crippen molar-refractivity contribution >= 4 is 28.8 Å². The number of ether oxygens (including phenoxy) is 1. The van der Waals surface area contributed by atoms with E-state index in [1.165, 1.54) is 0 Å². The summed E-state index contributed by atoms with van der Waals surface area (Å²) in [6, 6.07) is 19.0. The first-order valence-electron chi connectivity index (χ1n) is 10.8. The van der Waals surface area contributed by atoms with Gasteiger partial charge in [0.15, 0.2) is 0 Å². The molecule has 4 aromatic rings. The van der Waals surface area contributed by atoms with Crippen molar-refractivity contribution in [2.45, 2.75) is 13.3 Å². The van der Waals surface area contributed by atoms with Gasteiger partial charge in [0.25, 0.3) is 0 Å². The van der Waals surface area contributed by atoms with Crippen LogP contribution in [0, 0.1) is 12.8 Å². The summed E-state index contributed by atoms with van der Waals surface area (Å²) in [4.78, 5) is 31.7. The fraction of sp³-hybridized carbons (Fsp3) is 0.192. The van der Waals surface area contributed by atoms with Crippen molar-refractivity contribution < 1.29 is 14.3 Å². The lowest BCUT2D eigenvalue weighted by molar-refractivity contribution is -0.122. The van der Waals surface area contributed by atoms with Crippen molar-refractivity contribution in [3.8, 4) is 17.0 Å². The molecule has 2 amide bonds. The molecular formula is C26H24N4O3. The molecule has 0 saturated carbocycles. The van der Waals surface area contributed by atoms with Crippen LogP contribution < -0.4 is 15.0 Å². The topological polar surface area (TPSA) is 75.9 Å². The second kappa shape index (κ2) is 8.43. The number of aromatic nitrogens is 2. The van der Waals surface area contributed by atoms with Crippen LogP contribution in [0.3, 0.4) is 0 Å². The van der Waals surface area contributed by atoms with Crippen LogP contribution in [-0.4, -0.2) is 34.9 Å². The fourth-order valence-electron chi connectivity index (χ4n) is 4.10. The predicted molar refractivity (Wildman–Crippen MR) is 127 cm³/mol. The third-order valence-electron chi connectivity index (χ3n) is 5.92. The lowest BCUT2D eigenvalue weighted by atomic mass is 10.1. The van der Waals surface area contributed by atoms with Gasteiger partial charge in [-0.25, -0.2) is 4.98 Å². The number of nitrogens with one attached hydrogen (secondary N) is 1. The number of rotatable bonds is 5. The summed E-state index contributed by atoms with van der Waals surface area (Å²) in [5, 5.41) is 2.94. The molecule has 2 aromatic heterocycles. The van der Waals surface area contributed by atoms with Crippen molar-refractivity contribution in [2.24, 2.45) is 5.92 Å². The van der Waals surface area contributed by atoms with E-state index in [1.54, 1.807) is 18.1 Å². The maximum atomic E-state index is 12.8. The van der Waals surface area contributed by atoms with Crippen LogP contribution in [0.1, 0.15) is 12.0 Å². The molecule has 1 aliphatic rings. The third kappa shape index (κ3) is 4.17. The van der Waals surface area contributed by atoms with Gasteiger partial charge in [0, 0.05) is 48.4 Å². The smallest absolute Gasteiger partial charge is 0.229 e. The number of nitrogens with zero attached hydrogens (tertiary/aromatic N) is 3. The molecule has 33 heavy (non-hydrogen) atoms. The summed E-state index contributed by atoms with van der Waals surface area (Å²) in [5.74, 6) is 0.0321. The third-order valence-corrected chi connectivity index (χ3v) is 5.92. The number of hydrogen-bond donors (Lipinski definition) is 1.